The van der Waals surface area contributed by atoms with Gasteiger partial charge in [-0.25, -0.2) is 0 Å². The van der Waals surface area contributed by atoms with Crippen LogP contribution in [0.4, 0.5) is 8.78 Å². The molecule has 0 amide bonds. The summed E-state index contributed by atoms with van der Waals surface area (Å²) in [6.07, 6.45) is 1.74. The van der Waals surface area contributed by atoms with Crippen LogP contribution in [-0.2, 0) is 6.42 Å². The third kappa shape index (κ3) is 4.29. The van der Waals surface area contributed by atoms with E-state index in [4.69, 9.17) is 5.73 Å². The molecule has 0 aliphatic heterocycles. The minimum absolute atomic E-state index is 0.0968. The Balaban J connectivity index is 1.90. The van der Waals surface area contributed by atoms with Gasteiger partial charge in [0.2, 0.25) is 0 Å². The number of rotatable bonds is 6. The molecule has 0 saturated heterocycles. The van der Waals surface area contributed by atoms with Gasteiger partial charge in [-0.3, -0.25) is 0 Å². The van der Waals surface area contributed by atoms with E-state index in [1.807, 2.05) is 5.38 Å². The summed E-state index contributed by atoms with van der Waals surface area (Å²) >= 11 is 1.67. The Labute approximate surface area is 114 Å². The molecule has 5 heteroatoms. The molecule has 0 fully saturated rings. The average molecular weight is 283 g/mol. The smallest absolute Gasteiger partial charge is 0.387 e. The zero-order valence-corrected chi connectivity index (χ0v) is 11.1. The third-order valence-electron chi connectivity index (χ3n) is 2.86. The molecule has 102 valence electrons. The van der Waals surface area contributed by atoms with E-state index in [1.54, 1.807) is 23.5 Å². The van der Waals surface area contributed by atoms with E-state index in [9.17, 15) is 8.78 Å². The van der Waals surface area contributed by atoms with Crippen LogP contribution in [0.25, 0.3) is 0 Å². The van der Waals surface area contributed by atoms with Gasteiger partial charge in [0, 0.05) is 6.04 Å². The second kappa shape index (κ2) is 6.63. The van der Waals surface area contributed by atoms with Gasteiger partial charge in [-0.05, 0) is 52.9 Å². The largest absolute Gasteiger partial charge is 0.435 e. The molecule has 1 aromatic carbocycles. The minimum Gasteiger partial charge on any atom is -0.435 e. The third-order valence-corrected chi connectivity index (χ3v) is 3.59. The van der Waals surface area contributed by atoms with Crippen molar-refractivity contribution in [1.29, 1.82) is 0 Å². The topological polar surface area (TPSA) is 35.2 Å². The second-order valence-corrected chi connectivity index (χ2v) is 5.00. The van der Waals surface area contributed by atoms with Crippen molar-refractivity contribution in [2.45, 2.75) is 25.5 Å². The summed E-state index contributed by atoms with van der Waals surface area (Å²) < 4.78 is 28.3. The molecule has 2 rings (SSSR count). The standard InChI is InChI=1S/C14H15F2NOS/c15-14(16)18-12-4-2-11(3-5-12)13(17)6-1-10-7-8-19-9-10/h2-5,7-9,13-14H,1,6,17H2. The maximum atomic E-state index is 12.0. The lowest BCUT2D eigenvalue weighted by Crippen LogP contribution is -2.11. The van der Waals surface area contributed by atoms with Gasteiger partial charge in [0.1, 0.15) is 5.75 Å². The van der Waals surface area contributed by atoms with Crippen LogP contribution in [0.5, 0.6) is 5.75 Å². The maximum Gasteiger partial charge on any atom is 0.387 e. The van der Waals surface area contributed by atoms with Gasteiger partial charge in [-0.2, -0.15) is 20.1 Å². The Kier molecular flexibility index (Phi) is 4.87. The van der Waals surface area contributed by atoms with Gasteiger partial charge in [-0.15, -0.1) is 0 Å². The highest BCUT2D eigenvalue weighted by molar-refractivity contribution is 7.07. The number of thiophene rings is 1. The molecular formula is C14H15F2NOS. The van der Waals surface area contributed by atoms with E-state index < -0.39 is 6.61 Å². The number of hydrogen-bond donors (Lipinski definition) is 1. The van der Waals surface area contributed by atoms with Crippen molar-refractivity contribution in [3.8, 4) is 5.75 Å². The summed E-state index contributed by atoms with van der Waals surface area (Å²) in [4.78, 5) is 0. The predicted octanol–water partition coefficient (Wildman–Crippen LogP) is 3.98. The number of benzene rings is 1. The molecule has 0 aliphatic rings. The quantitative estimate of drug-likeness (QED) is 0.870. The Morgan fingerprint density at radius 3 is 2.47 bits per heavy atom. The predicted molar refractivity (Wildman–Crippen MR) is 72.6 cm³/mol. The molecule has 2 aromatic rings. The average Bonchev–Trinajstić information content (AvgIpc) is 2.89. The Morgan fingerprint density at radius 1 is 1.16 bits per heavy atom. The fourth-order valence-corrected chi connectivity index (χ4v) is 2.52. The van der Waals surface area contributed by atoms with Gasteiger partial charge >= 0.3 is 6.61 Å². The summed E-state index contributed by atoms with van der Waals surface area (Å²) in [6.45, 7) is -2.79. The fraction of sp³-hybridized carbons (Fsp3) is 0.286. The van der Waals surface area contributed by atoms with Crippen molar-refractivity contribution in [3.63, 3.8) is 0 Å². The molecule has 0 bridgehead atoms. The van der Waals surface area contributed by atoms with E-state index in [1.165, 1.54) is 17.7 Å². The van der Waals surface area contributed by atoms with Gasteiger partial charge in [0.25, 0.3) is 0 Å². The number of alkyl halides is 2. The van der Waals surface area contributed by atoms with Gasteiger partial charge in [-0.1, -0.05) is 12.1 Å². The lowest BCUT2D eigenvalue weighted by Gasteiger charge is -2.12. The van der Waals surface area contributed by atoms with Crippen LogP contribution in [0.2, 0.25) is 0 Å². The summed E-state index contributed by atoms with van der Waals surface area (Å²) in [5.74, 6) is 0.156. The highest BCUT2D eigenvalue weighted by Gasteiger charge is 2.08. The summed E-state index contributed by atoms with van der Waals surface area (Å²) in [5.41, 5.74) is 8.28. The van der Waals surface area contributed by atoms with Gasteiger partial charge < -0.3 is 10.5 Å². The lowest BCUT2D eigenvalue weighted by atomic mass is 10.0. The second-order valence-electron chi connectivity index (χ2n) is 4.22. The maximum absolute atomic E-state index is 12.0. The van der Waals surface area contributed by atoms with E-state index in [-0.39, 0.29) is 11.8 Å². The van der Waals surface area contributed by atoms with Crippen LogP contribution in [0.3, 0.4) is 0 Å². The van der Waals surface area contributed by atoms with Crippen LogP contribution in [0, 0.1) is 0 Å². The van der Waals surface area contributed by atoms with Crippen molar-refractivity contribution in [3.05, 3.63) is 52.2 Å². The van der Waals surface area contributed by atoms with Crippen LogP contribution >= 0.6 is 11.3 Å². The lowest BCUT2D eigenvalue weighted by molar-refractivity contribution is -0.0498. The van der Waals surface area contributed by atoms with Crippen molar-refractivity contribution in [2.24, 2.45) is 5.73 Å². The molecule has 2 N–H and O–H groups in total. The number of aryl methyl sites for hydroxylation is 1. The molecule has 1 atom stereocenters. The fourth-order valence-electron chi connectivity index (χ4n) is 1.82. The van der Waals surface area contributed by atoms with Crippen LogP contribution in [0.15, 0.2) is 41.1 Å². The molecule has 0 spiro atoms. The molecule has 0 radical (unpaired) electrons. The number of hydrogen-bond acceptors (Lipinski definition) is 3. The first-order valence-electron chi connectivity index (χ1n) is 5.96. The Hall–Kier alpha value is -1.46. The molecule has 1 unspecified atom stereocenters. The first-order valence-corrected chi connectivity index (χ1v) is 6.91. The van der Waals surface area contributed by atoms with Gasteiger partial charge in [0.15, 0.2) is 0 Å². The summed E-state index contributed by atoms with van der Waals surface area (Å²) in [6, 6.07) is 8.49. The van der Waals surface area contributed by atoms with Crippen LogP contribution in [-0.4, -0.2) is 6.61 Å². The summed E-state index contributed by atoms with van der Waals surface area (Å²) in [5, 5.41) is 4.14. The molecule has 2 nitrogen and oxygen atoms in total. The van der Waals surface area contributed by atoms with E-state index >= 15 is 0 Å². The van der Waals surface area contributed by atoms with E-state index in [2.05, 4.69) is 16.2 Å². The monoisotopic (exact) mass is 283 g/mol. The Bertz CT molecular complexity index is 485. The minimum atomic E-state index is -2.79. The first-order chi connectivity index (χ1) is 9.15. The molecular weight excluding hydrogens is 268 g/mol. The zero-order valence-electron chi connectivity index (χ0n) is 10.3. The number of ether oxygens (including phenoxy) is 1. The van der Waals surface area contributed by atoms with Crippen LogP contribution < -0.4 is 10.5 Å². The zero-order chi connectivity index (χ0) is 13.7. The first kappa shape index (κ1) is 14.0. The van der Waals surface area contributed by atoms with Gasteiger partial charge in [0.05, 0.1) is 0 Å². The molecule has 1 aromatic heterocycles. The van der Waals surface area contributed by atoms with Crippen molar-refractivity contribution in [1.82, 2.24) is 0 Å². The SMILES string of the molecule is NC(CCc1ccsc1)c1ccc(OC(F)F)cc1. The molecule has 0 aliphatic carbocycles. The molecule has 19 heavy (non-hydrogen) atoms. The highest BCUT2D eigenvalue weighted by Crippen LogP contribution is 2.21. The molecule has 1 heterocycles. The normalized spacial score (nSPS) is 12.6. The van der Waals surface area contributed by atoms with Crippen LogP contribution in [0.1, 0.15) is 23.6 Å². The highest BCUT2D eigenvalue weighted by atomic mass is 32.1. The number of halogens is 2. The van der Waals surface area contributed by atoms with Crippen molar-refractivity contribution >= 4 is 11.3 Å². The van der Waals surface area contributed by atoms with E-state index in [0.717, 1.165) is 18.4 Å². The number of nitrogens with two attached hydrogens (primary N) is 1. The van der Waals surface area contributed by atoms with Crippen molar-refractivity contribution in [2.75, 3.05) is 0 Å². The van der Waals surface area contributed by atoms with Crippen molar-refractivity contribution < 1.29 is 13.5 Å². The molecule has 0 saturated carbocycles. The van der Waals surface area contributed by atoms with E-state index in [0.29, 0.717) is 0 Å². The summed E-state index contributed by atoms with van der Waals surface area (Å²) in [7, 11) is 0. The Morgan fingerprint density at radius 2 is 1.89 bits per heavy atom.